The quantitative estimate of drug-likeness (QED) is 0.779. The van der Waals surface area contributed by atoms with E-state index in [0.717, 1.165) is 11.3 Å². The van der Waals surface area contributed by atoms with Gasteiger partial charge in [0.1, 0.15) is 0 Å². The van der Waals surface area contributed by atoms with Gasteiger partial charge in [0, 0.05) is 13.0 Å². The van der Waals surface area contributed by atoms with Crippen LogP contribution in [0, 0.1) is 5.92 Å². The molecule has 15 heavy (non-hydrogen) atoms. The zero-order valence-electron chi connectivity index (χ0n) is 8.83. The molecule has 0 saturated heterocycles. The van der Waals surface area contributed by atoms with Crippen molar-refractivity contribution in [2.75, 3.05) is 13.6 Å². The van der Waals surface area contributed by atoms with Gasteiger partial charge < -0.3 is 10.0 Å². The Morgan fingerprint density at radius 2 is 2.20 bits per heavy atom. The molecule has 5 heteroatoms. The lowest BCUT2D eigenvalue weighted by Gasteiger charge is -2.28. The molecule has 0 aromatic carbocycles. The summed E-state index contributed by atoms with van der Waals surface area (Å²) in [5, 5.41) is 9.37. The van der Waals surface area contributed by atoms with Crippen molar-refractivity contribution < 1.29 is 18.7 Å². The van der Waals surface area contributed by atoms with Crippen LogP contribution in [0.3, 0.4) is 0 Å². The summed E-state index contributed by atoms with van der Waals surface area (Å²) < 4.78 is 24.1. The summed E-state index contributed by atoms with van der Waals surface area (Å²) in [7, 11) is 1.38. The summed E-state index contributed by atoms with van der Waals surface area (Å²) in [6, 6.07) is 0. The van der Waals surface area contributed by atoms with Gasteiger partial charge in [0.05, 0.1) is 12.6 Å². The second-order valence-electron chi connectivity index (χ2n) is 4.13. The maximum absolute atomic E-state index is 12.0. The Balaban J connectivity index is 2.44. The Morgan fingerprint density at radius 3 is 2.73 bits per heavy atom. The molecule has 3 nitrogen and oxygen atoms in total. The van der Waals surface area contributed by atoms with Crippen molar-refractivity contribution in [2.45, 2.75) is 38.2 Å². The Labute approximate surface area is 88.1 Å². The first-order chi connectivity index (χ1) is 7.00. The zero-order valence-corrected chi connectivity index (χ0v) is 8.83. The minimum Gasteiger partial charge on any atom is -0.393 e. The van der Waals surface area contributed by atoms with Crippen LogP contribution in [0.4, 0.5) is 8.78 Å². The highest BCUT2D eigenvalue weighted by Crippen LogP contribution is 2.25. The summed E-state index contributed by atoms with van der Waals surface area (Å²) in [4.78, 5) is 12.7. The van der Waals surface area contributed by atoms with Crippen LogP contribution in [0.1, 0.15) is 25.7 Å². The number of hydrogen-bond acceptors (Lipinski definition) is 2. The SMILES string of the molecule is CN(CC(F)F)C(=O)C1CCCC(O)C1. The predicted octanol–water partition coefficient (Wildman–Crippen LogP) is 1.26. The van der Waals surface area contributed by atoms with E-state index in [-0.39, 0.29) is 11.8 Å². The van der Waals surface area contributed by atoms with Crippen molar-refractivity contribution in [3.8, 4) is 0 Å². The van der Waals surface area contributed by atoms with E-state index in [2.05, 4.69) is 0 Å². The number of carbonyl (C=O) groups excluding carboxylic acids is 1. The van der Waals surface area contributed by atoms with Crippen LogP contribution in [0.2, 0.25) is 0 Å². The monoisotopic (exact) mass is 221 g/mol. The summed E-state index contributed by atoms with van der Waals surface area (Å²) >= 11 is 0. The van der Waals surface area contributed by atoms with E-state index in [1.54, 1.807) is 0 Å². The van der Waals surface area contributed by atoms with Gasteiger partial charge in [-0.2, -0.15) is 0 Å². The Kier molecular flexibility index (Phi) is 4.45. The largest absolute Gasteiger partial charge is 0.393 e. The molecule has 1 aliphatic rings. The first kappa shape index (κ1) is 12.4. The standard InChI is InChI=1S/C10H17F2NO2/c1-13(6-9(11)12)10(15)7-3-2-4-8(14)5-7/h7-9,14H,2-6H2,1H3. The first-order valence-corrected chi connectivity index (χ1v) is 5.22. The van der Waals surface area contributed by atoms with Crippen LogP contribution in [-0.2, 0) is 4.79 Å². The summed E-state index contributed by atoms with van der Waals surface area (Å²) in [6.07, 6.45) is -0.335. The number of nitrogens with zero attached hydrogens (tertiary/aromatic N) is 1. The number of aliphatic hydroxyl groups is 1. The molecule has 0 aliphatic heterocycles. The Hall–Kier alpha value is -0.710. The van der Waals surface area contributed by atoms with Crippen molar-refractivity contribution in [1.29, 1.82) is 0 Å². The normalized spacial score (nSPS) is 26.7. The number of carbonyl (C=O) groups is 1. The number of hydrogen-bond donors (Lipinski definition) is 1. The minimum atomic E-state index is -2.49. The van der Waals surface area contributed by atoms with E-state index in [4.69, 9.17) is 0 Å². The molecular formula is C10H17F2NO2. The minimum absolute atomic E-state index is 0.269. The molecule has 1 saturated carbocycles. The van der Waals surface area contributed by atoms with Crippen LogP contribution >= 0.6 is 0 Å². The molecule has 0 radical (unpaired) electrons. The molecule has 1 rings (SSSR count). The van der Waals surface area contributed by atoms with E-state index in [1.807, 2.05) is 0 Å². The van der Waals surface area contributed by atoms with E-state index < -0.39 is 19.1 Å². The molecule has 2 atom stereocenters. The highest BCUT2D eigenvalue weighted by molar-refractivity contribution is 5.78. The topological polar surface area (TPSA) is 40.5 Å². The third kappa shape index (κ3) is 3.74. The highest BCUT2D eigenvalue weighted by atomic mass is 19.3. The van der Waals surface area contributed by atoms with E-state index in [9.17, 15) is 18.7 Å². The zero-order chi connectivity index (χ0) is 11.4. The van der Waals surface area contributed by atoms with Crippen molar-refractivity contribution in [3.63, 3.8) is 0 Å². The maximum Gasteiger partial charge on any atom is 0.255 e. The predicted molar refractivity (Wildman–Crippen MR) is 51.6 cm³/mol. The van der Waals surface area contributed by atoms with Crippen molar-refractivity contribution >= 4 is 5.91 Å². The molecule has 1 fully saturated rings. The van der Waals surface area contributed by atoms with Crippen molar-refractivity contribution in [1.82, 2.24) is 4.90 Å². The number of halogens is 2. The number of aliphatic hydroxyl groups excluding tert-OH is 1. The van der Waals surface area contributed by atoms with Crippen LogP contribution in [0.25, 0.3) is 0 Å². The number of alkyl halides is 2. The fourth-order valence-electron chi connectivity index (χ4n) is 2.00. The molecule has 1 aliphatic carbocycles. The lowest BCUT2D eigenvalue weighted by atomic mass is 9.86. The van der Waals surface area contributed by atoms with Crippen LogP contribution in [0.15, 0.2) is 0 Å². The summed E-state index contributed by atoms with van der Waals surface area (Å²) in [5.74, 6) is -0.549. The van der Waals surface area contributed by atoms with E-state index in [0.29, 0.717) is 19.3 Å². The molecular weight excluding hydrogens is 204 g/mol. The fraction of sp³-hybridized carbons (Fsp3) is 0.900. The van der Waals surface area contributed by atoms with Gasteiger partial charge in [-0.15, -0.1) is 0 Å². The van der Waals surface area contributed by atoms with E-state index in [1.165, 1.54) is 7.05 Å². The van der Waals surface area contributed by atoms with Gasteiger partial charge in [-0.05, 0) is 19.3 Å². The maximum atomic E-state index is 12.0. The van der Waals surface area contributed by atoms with Crippen LogP contribution in [-0.4, -0.2) is 42.0 Å². The van der Waals surface area contributed by atoms with Crippen LogP contribution in [0.5, 0.6) is 0 Å². The van der Waals surface area contributed by atoms with Gasteiger partial charge in [0.25, 0.3) is 6.43 Å². The number of amides is 1. The van der Waals surface area contributed by atoms with Gasteiger partial charge in [0.2, 0.25) is 5.91 Å². The average Bonchev–Trinajstić information content (AvgIpc) is 2.15. The molecule has 1 N–H and O–H groups in total. The second kappa shape index (κ2) is 5.39. The Morgan fingerprint density at radius 1 is 1.53 bits per heavy atom. The molecule has 0 aromatic rings. The lowest BCUT2D eigenvalue weighted by Crippen LogP contribution is -2.38. The van der Waals surface area contributed by atoms with Gasteiger partial charge in [-0.1, -0.05) is 6.42 Å². The molecule has 0 bridgehead atoms. The fourth-order valence-corrected chi connectivity index (χ4v) is 2.00. The summed E-state index contributed by atoms with van der Waals surface area (Å²) in [5.41, 5.74) is 0. The van der Waals surface area contributed by atoms with Crippen molar-refractivity contribution in [2.24, 2.45) is 5.92 Å². The second-order valence-corrected chi connectivity index (χ2v) is 4.13. The molecule has 88 valence electrons. The number of rotatable bonds is 3. The average molecular weight is 221 g/mol. The smallest absolute Gasteiger partial charge is 0.255 e. The van der Waals surface area contributed by atoms with Gasteiger partial charge in [0.15, 0.2) is 0 Å². The molecule has 2 unspecified atom stereocenters. The van der Waals surface area contributed by atoms with Crippen molar-refractivity contribution in [3.05, 3.63) is 0 Å². The lowest BCUT2D eigenvalue weighted by molar-refractivity contribution is -0.138. The first-order valence-electron chi connectivity index (χ1n) is 5.22. The molecule has 0 heterocycles. The third-order valence-corrected chi connectivity index (χ3v) is 2.78. The van der Waals surface area contributed by atoms with Crippen LogP contribution < -0.4 is 0 Å². The molecule has 1 amide bonds. The van der Waals surface area contributed by atoms with E-state index >= 15 is 0 Å². The molecule has 0 spiro atoms. The summed E-state index contributed by atoms with van der Waals surface area (Å²) in [6.45, 7) is -0.522. The highest BCUT2D eigenvalue weighted by Gasteiger charge is 2.28. The van der Waals surface area contributed by atoms with Gasteiger partial charge >= 0.3 is 0 Å². The molecule has 0 aromatic heterocycles. The van der Waals surface area contributed by atoms with Gasteiger partial charge in [-0.3, -0.25) is 4.79 Å². The third-order valence-electron chi connectivity index (χ3n) is 2.78. The van der Waals surface area contributed by atoms with Gasteiger partial charge in [-0.25, -0.2) is 8.78 Å². The Bertz CT molecular complexity index is 223.